The van der Waals surface area contributed by atoms with Gasteiger partial charge in [0, 0.05) is 6.20 Å². The number of nitrogens with one attached hydrogen (secondary N) is 1. The molecule has 2 unspecified atom stereocenters. The lowest BCUT2D eigenvalue weighted by atomic mass is 9.91. The number of morpholine rings is 1. The second kappa shape index (κ2) is 4.01. The number of nitrogens with zero attached hydrogens (tertiary/aromatic N) is 1. The fraction of sp³-hybridized carbons (Fsp3) is 0.400. The van der Waals surface area contributed by atoms with E-state index in [-0.39, 0.29) is 12.5 Å². The number of ether oxygens (including phenoxy) is 1. The van der Waals surface area contributed by atoms with Crippen LogP contribution in [0, 0.1) is 0 Å². The summed E-state index contributed by atoms with van der Waals surface area (Å²) in [4.78, 5) is 15.1. The number of rotatable bonds is 1. The number of pyridine rings is 1. The first-order valence-corrected chi connectivity index (χ1v) is 5.13. The molecule has 0 saturated carbocycles. The first-order chi connectivity index (χ1) is 7.52. The first-order valence-electron chi connectivity index (χ1n) is 4.75. The molecule has 2 atom stereocenters. The Balaban J connectivity index is 2.39. The van der Waals surface area contributed by atoms with Crippen LogP contribution in [0.15, 0.2) is 18.3 Å². The molecule has 1 aromatic rings. The number of aliphatic hydroxyl groups excluding tert-OH is 1. The molecule has 5 nitrogen and oxygen atoms in total. The molecule has 0 bridgehead atoms. The summed E-state index contributed by atoms with van der Waals surface area (Å²) in [5, 5.41) is 12.8. The van der Waals surface area contributed by atoms with Gasteiger partial charge in [0.1, 0.15) is 17.3 Å². The lowest BCUT2D eigenvalue weighted by Gasteiger charge is -2.38. The lowest BCUT2D eigenvalue weighted by Crippen LogP contribution is -2.58. The van der Waals surface area contributed by atoms with Gasteiger partial charge in [0.05, 0.1) is 0 Å². The Bertz CT molecular complexity index is 426. The molecule has 1 aliphatic rings. The van der Waals surface area contributed by atoms with Crippen LogP contribution in [0.4, 0.5) is 0 Å². The Morgan fingerprint density at radius 3 is 3.19 bits per heavy atom. The highest BCUT2D eigenvalue weighted by molar-refractivity contribution is 6.29. The molecule has 2 N–H and O–H groups in total. The number of hydrogen-bond acceptors (Lipinski definition) is 4. The van der Waals surface area contributed by atoms with E-state index >= 15 is 0 Å². The van der Waals surface area contributed by atoms with Gasteiger partial charge in [0.25, 0.3) is 0 Å². The van der Waals surface area contributed by atoms with Gasteiger partial charge in [0.2, 0.25) is 5.91 Å². The SMILES string of the molecule is CC1(c2ccnc(Cl)c2)NC(=O)COC1O. The molecule has 1 saturated heterocycles. The molecule has 0 spiro atoms. The van der Waals surface area contributed by atoms with Crippen molar-refractivity contribution in [1.82, 2.24) is 10.3 Å². The highest BCUT2D eigenvalue weighted by Gasteiger charge is 2.41. The smallest absolute Gasteiger partial charge is 0.246 e. The Hall–Kier alpha value is -1.17. The van der Waals surface area contributed by atoms with Gasteiger partial charge in [-0.1, -0.05) is 11.6 Å². The average Bonchev–Trinajstić information content (AvgIpc) is 2.24. The van der Waals surface area contributed by atoms with Crippen LogP contribution in [0.1, 0.15) is 12.5 Å². The van der Waals surface area contributed by atoms with E-state index in [1.807, 2.05) is 0 Å². The molecular weight excluding hydrogens is 232 g/mol. The number of aliphatic hydroxyl groups is 1. The topological polar surface area (TPSA) is 71.5 Å². The van der Waals surface area contributed by atoms with Gasteiger partial charge in [-0.2, -0.15) is 0 Å². The summed E-state index contributed by atoms with van der Waals surface area (Å²) in [7, 11) is 0. The van der Waals surface area contributed by atoms with Crippen LogP contribution in [-0.2, 0) is 15.1 Å². The first kappa shape index (κ1) is 11.3. The van der Waals surface area contributed by atoms with Crippen molar-refractivity contribution in [2.24, 2.45) is 0 Å². The molecule has 6 heteroatoms. The standard InChI is InChI=1S/C10H11ClN2O3/c1-10(6-2-3-12-7(11)4-6)9(15)16-5-8(14)13-10/h2-4,9,15H,5H2,1H3,(H,13,14). The van der Waals surface area contributed by atoms with Crippen LogP contribution in [0.25, 0.3) is 0 Å². The minimum atomic E-state index is -1.11. The van der Waals surface area contributed by atoms with Gasteiger partial charge in [-0.05, 0) is 24.6 Å². The molecule has 1 amide bonds. The zero-order chi connectivity index (χ0) is 11.8. The fourth-order valence-electron chi connectivity index (χ4n) is 1.65. The number of carbonyl (C=O) groups excluding carboxylic acids is 1. The van der Waals surface area contributed by atoms with Crippen molar-refractivity contribution < 1.29 is 14.6 Å². The number of amides is 1. The van der Waals surface area contributed by atoms with Gasteiger partial charge in [-0.3, -0.25) is 4.79 Å². The highest BCUT2D eigenvalue weighted by Crippen LogP contribution is 2.28. The summed E-state index contributed by atoms with van der Waals surface area (Å²) >= 11 is 5.76. The van der Waals surface area contributed by atoms with Gasteiger partial charge in [-0.15, -0.1) is 0 Å². The average molecular weight is 243 g/mol. The van der Waals surface area contributed by atoms with E-state index in [1.54, 1.807) is 19.1 Å². The summed E-state index contributed by atoms with van der Waals surface area (Å²) in [6.07, 6.45) is 0.403. The summed E-state index contributed by atoms with van der Waals surface area (Å²) in [5.74, 6) is -0.277. The largest absolute Gasteiger partial charge is 0.366 e. The van der Waals surface area contributed by atoms with Crippen molar-refractivity contribution in [1.29, 1.82) is 0 Å². The van der Waals surface area contributed by atoms with Crippen LogP contribution < -0.4 is 5.32 Å². The quantitative estimate of drug-likeness (QED) is 0.700. The number of hydrogen-bond donors (Lipinski definition) is 2. The van der Waals surface area contributed by atoms with E-state index < -0.39 is 11.8 Å². The molecular formula is C10H11ClN2O3. The van der Waals surface area contributed by atoms with Gasteiger partial charge in [0.15, 0.2) is 6.29 Å². The van der Waals surface area contributed by atoms with Gasteiger partial charge >= 0.3 is 0 Å². The highest BCUT2D eigenvalue weighted by atomic mass is 35.5. The van der Waals surface area contributed by atoms with Crippen LogP contribution in [-0.4, -0.2) is 28.9 Å². The maximum Gasteiger partial charge on any atom is 0.246 e. The van der Waals surface area contributed by atoms with E-state index in [4.69, 9.17) is 16.3 Å². The van der Waals surface area contributed by atoms with Crippen molar-refractivity contribution in [3.63, 3.8) is 0 Å². The summed E-state index contributed by atoms with van der Waals surface area (Å²) in [6.45, 7) is 1.52. The van der Waals surface area contributed by atoms with Gasteiger partial charge in [-0.25, -0.2) is 4.98 Å². The molecule has 0 aliphatic carbocycles. The van der Waals surface area contributed by atoms with Crippen LogP contribution in [0.3, 0.4) is 0 Å². The van der Waals surface area contributed by atoms with E-state index in [1.165, 1.54) is 6.20 Å². The molecule has 0 aromatic carbocycles. The third kappa shape index (κ3) is 1.89. The van der Waals surface area contributed by atoms with E-state index in [0.717, 1.165) is 0 Å². The lowest BCUT2D eigenvalue weighted by molar-refractivity contribution is -0.186. The summed E-state index contributed by atoms with van der Waals surface area (Å²) in [6, 6.07) is 3.25. The van der Waals surface area contributed by atoms with Crippen LogP contribution >= 0.6 is 11.6 Å². The maximum atomic E-state index is 11.3. The minimum Gasteiger partial charge on any atom is -0.366 e. The molecule has 1 aromatic heterocycles. The maximum absolute atomic E-state index is 11.3. The van der Waals surface area contributed by atoms with Gasteiger partial charge < -0.3 is 15.2 Å². The predicted octanol–water partition coefficient (Wildman–Crippen LogP) is 0.415. The molecule has 2 rings (SSSR count). The van der Waals surface area contributed by atoms with E-state index in [9.17, 15) is 9.90 Å². The van der Waals surface area contributed by atoms with Crippen molar-refractivity contribution in [3.05, 3.63) is 29.0 Å². The van der Waals surface area contributed by atoms with E-state index in [2.05, 4.69) is 10.3 Å². The van der Waals surface area contributed by atoms with Crippen LogP contribution in [0.2, 0.25) is 5.15 Å². The number of carbonyl (C=O) groups is 1. The zero-order valence-corrected chi connectivity index (χ0v) is 9.36. The molecule has 16 heavy (non-hydrogen) atoms. The minimum absolute atomic E-state index is 0.143. The second-order valence-electron chi connectivity index (χ2n) is 3.78. The third-order valence-corrected chi connectivity index (χ3v) is 2.80. The van der Waals surface area contributed by atoms with Crippen molar-refractivity contribution in [2.75, 3.05) is 6.61 Å². The molecule has 2 heterocycles. The number of aromatic nitrogens is 1. The molecule has 1 aliphatic heterocycles. The molecule has 86 valence electrons. The predicted molar refractivity (Wildman–Crippen MR) is 56.7 cm³/mol. The monoisotopic (exact) mass is 242 g/mol. The van der Waals surface area contributed by atoms with Crippen LogP contribution in [0.5, 0.6) is 0 Å². The second-order valence-corrected chi connectivity index (χ2v) is 4.17. The Kier molecular flexibility index (Phi) is 2.84. The molecule has 1 fully saturated rings. The van der Waals surface area contributed by atoms with Crippen molar-refractivity contribution in [2.45, 2.75) is 18.8 Å². The summed E-state index contributed by atoms with van der Waals surface area (Å²) in [5.41, 5.74) is -0.352. The van der Waals surface area contributed by atoms with E-state index in [0.29, 0.717) is 10.7 Å². The zero-order valence-electron chi connectivity index (χ0n) is 8.61. The Morgan fingerprint density at radius 2 is 2.50 bits per heavy atom. The normalized spacial score (nSPS) is 29.9. The fourth-order valence-corrected chi connectivity index (χ4v) is 1.82. The third-order valence-electron chi connectivity index (χ3n) is 2.59. The number of halogens is 1. The van der Waals surface area contributed by atoms with Crippen molar-refractivity contribution >= 4 is 17.5 Å². The Morgan fingerprint density at radius 1 is 1.75 bits per heavy atom. The summed E-state index contributed by atoms with van der Waals surface area (Å²) < 4.78 is 4.98. The molecule has 0 radical (unpaired) electrons. The van der Waals surface area contributed by atoms with Crippen molar-refractivity contribution in [3.8, 4) is 0 Å². The Labute approximate surface area is 97.4 Å².